The van der Waals surface area contributed by atoms with Gasteiger partial charge in [-0.15, -0.1) is 0 Å². The van der Waals surface area contributed by atoms with E-state index in [2.05, 4.69) is 0 Å². The van der Waals surface area contributed by atoms with Crippen LogP contribution in [0.4, 0.5) is 0 Å². The van der Waals surface area contributed by atoms with Crippen LogP contribution in [0, 0.1) is 0 Å². The van der Waals surface area contributed by atoms with Crippen molar-refractivity contribution >= 4 is 0 Å². The maximum absolute atomic E-state index is 0. The van der Waals surface area contributed by atoms with Crippen LogP contribution in [-0.4, -0.2) is 0 Å². The summed E-state index contributed by atoms with van der Waals surface area (Å²) in [5.74, 6) is 0. The maximum Gasteiger partial charge on any atom is 2.00 e. The van der Waals surface area contributed by atoms with Crippen LogP contribution in [0.15, 0.2) is 0 Å². The Morgan fingerprint density at radius 1 is 1.25 bits per heavy atom. The average molecular weight is 146 g/mol. The van der Waals surface area contributed by atoms with Crippen molar-refractivity contribution in [2.24, 2.45) is 0 Å². The second-order valence-corrected chi connectivity index (χ2v) is 0. The van der Waals surface area contributed by atoms with E-state index in [4.69, 9.17) is 0 Å². The SMILES string of the molecule is [Co+2].[Cu].[H-].[Li+].[O-2]. The van der Waals surface area contributed by atoms with E-state index < -0.39 is 0 Å². The largest absolute Gasteiger partial charge is 2.00 e. The Hall–Kier alpha value is 1.58. The first kappa shape index (κ1) is 46.8. The fraction of sp³-hybridized carbons (Fsp3) is 0. The number of hydrogen-bond acceptors (Lipinski definition) is 0. The van der Waals surface area contributed by atoms with Crippen LogP contribution >= 0.6 is 0 Å². The summed E-state index contributed by atoms with van der Waals surface area (Å²) in [6, 6.07) is 0. The van der Waals surface area contributed by atoms with Crippen LogP contribution in [0.2, 0.25) is 0 Å². The van der Waals surface area contributed by atoms with Gasteiger partial charge in [-0.1, -0.05) is 0 Å². The molecule has 0 bridgehead atoms. The molecule has 0 aromatic heterocycles. The Kier molecular flexibility index (Phi) is 275. The first-order chi connectivity index (χ1) is 0. The summed E-state index contributed by atoms with van der Waals surface area (Å²) >= 11 is 0. The molecule has 4 heavy (non-hydrogen) atoms. The molecule has 0 unspecified atom stereocenters. The number of rotatable bonds is 0. The van der Waals surface area contributed by atoms with Crippen molar-refractivity contribution in [3.05, 3.63) is 0 Å². The summed E-state index contributed by atoms with van der Waals surface area (Å²) in [4.78, 5) is 0. The van der Waals surface area contributed by atoms with E-state index in [1.807, 2.05) is 0 Å². The molecule has 0 N–H and O–H groups in total. The van der Waals surface area contributed by atoms with Crippen molar-refractivity contribution < 1.29 is 59.6 Å². The fourth-order valence-electron chi connectivity index (χ4n) is 0. The molecule has 0 saturated heterocycles. The van der Waals surface area contributed by atoms with E-state index in [9.17, 15) is 0 Å². The minimum absolute atomic E-state index is 0. The van der Waals surface area contributed by atoms with Gasteiger partial charge in [-0.25, -0.2) is 0 Å². The quantitative estimate of drug-likeness (QED) is 0.326. The van der Waals surface area contributed by atoms with Crippen molar-refractivity contribution in [1.82, 2.24) is 0 Å². The molecule has 0 fully saturated rings. The van der Waals surface area contributed by atoms with Gasteiger partial charge in [-0.3, -0.25) is 0 Å². The van der Waals surface area contributed by atoms with Gasteiger partial charge in [0.05, 0.1) is 0 Å². The third-order valence-electron chi connectivity index (χ3n) is 0. The van der Waals surface area contributed by atoms with Gasteiger partial charge in [-0.05, 0) is 0 Å². The molecule has 0 aliphatic rings. The minimum atomic E-state index is 0. The molecule has 4 heteroatoms. The molecular weight excluding hydrogens is 145 g/mol. The van der Waals surface area contributed by atoms with Crippen molar-refractivity contribution in [1.29, 1.82) is 0 Å². The molecule has 0 aromatic carbocycles. The zero-order valence-electron chi connectivity index (χ0n) is 3.04. The van der Waals surface area contributed by atoms with Crippen LogP contribution in [0.5, 0.6) is 0 Å². The van der Waals surface area contributed by atoms with Gasteiger partial charge in [0.2, 0.25) is 0 Å². The van der Waals surface area contributed by atoms with Crippen molar-refractivity contribution in [2.45, 2.75) is 0 Å². The molecule has 28 valence electrons. The Morgan fingerprint density at radius 2 is 1.25 bits per heavy atom. The van der Waals surface area contributed by atoms with Crippen LogP contribution in [0.25, 0.3) is 0 Å². The summed E-state index contributed by atoms with van der Waals surface area (Å²) in [5, 5.41) is 0. The molecule has 0 rings (SSSR count). The van der Waals surface area contributed by atoms with E-state index in [-0.39, 0.29) is 59.6 Å². The third-order valence-corrected chi connectivity index (χ3v) is 0. The van der Waals surface area contributed by atoms with Gasteiger partial charge in [0.1, 0.15) is 0 Å². The molecule has 0 aliphatic heterocycles. The Morgan fingerprint density at radius 3 is 1.25 bits per heavy atom. The first-order valence-electron chi connectivity index (χ1n) is 0. The zero-order chi connectivity index (χ0) is 0. The van der Waals surface area contributed by atoms with E-state index in [0.29, 0.717) is 0 Å². The molecule has 0 aromatic rings. The molecule has 0 saturated carbocycles. The average Bonchev–Trinajstić information content (AvgIpc) is 0. The van der Waals surface area contributed by atoms with E-state index in [0.717, 1.165) is 0 Å². The van der Waals surface area contributed by atoms with Gasteiger partial charge in [0.25, 0.3) is 0 Å². The molecule has 0 aliphatic carbocycles. The van der Waals surface area contributed by atoms with E-state index in [1.165, 1.54) is 0 Å². The van der Waals surface area contributed by atoms with Gasteiger partial charge in [0.15, 0.2) is 0 Å². The van der Waals surface area contributed by atoms with Gasteiger partial charge >= 0.3 is 35.6 Å². The Labute approximate surface area is 59.5 Å². The topological polar surface area (TPSA) is 28.5 Å². The standard InChI is InChI=1S/Co.Cu.Li.O.H/q+2;;+1;-2;-1. The molecule has 0 spiro atoms. The van der Waals surface area contributed by atoms with Gasteiger partial charge in [-0.2, -0.15) is 0 Å². The van der Waals surface area contributed by atoms with Crippen LogP contribution in [-0.2, 0) is 39.3 Å². The third kappa shape index (κ3) is 9.54. The second kappa shape index (κ2) is 23.5. The van der Waals surface area contributed by atoms with Crippen LogP contribution in [0.1, 0.15) is 1.43 Å². The summed E-state index contributed by atoms with van der Waals surface area (Å²) < 4.78 is 0. The van der Waals surface area contributed by atoms with Gasteiger partial charge in [0, 0.05) is 17.1 Å². The minimum Gasteiger partial charge on any atom is -2.00 e. The molecule has 2 radical (unpaired) electrons. The van der Waals surface area contributed by atoms with E-state index >= 15 is 0 Å². The number of hydrogen-bond donors (Lipinski definition) is 0. The molecule has 1 nitrogen and oxygen atoms in total. The Balaban J connectivity index is 0. The molecule has 0 atom stereocenters. The van der Waals surface area contributed by atoms with Crippen molar-refractivity contribution in [2.75, 3.05) is 0 Å². The molecule has 0 heterocycles. The predicted octanol–water partition coefficient (Wildman–Crippen LogP) is -3.01. The van der Waals surface area contributed by atoms with Crippen molar-refractivity contribution in [3.63, 3.8) is 0 Å². The van der Waals surface area contributed by atoms with E-state index in [1.54, 1.807) is 0 Å². The Bertz CT molecular complexity index is 11.6. The second-order valence-electron chi connectivity index (χ2n) is 0. The monoisotopic (exact) mass is 146 g/mol. The van der Waals surface area contributed by atoms with Crippen LogP contribution < -0.4 is 18.9 Å². The van der Waals surface area contributed by atoms with Gasteiger partial charge < -0.3 is 6.90 Å². The summed E-state index contributed by atoms with van der Waals surface area (Å²) in [6.45, 7) is 0. The maximum atomic E-state index is 0. The fourth-order valence-corrected chi connectivity index (χ4v) is 0. The molecule has 0 amide bonds. The van der Waals surface area contributed by atoms with Crippen LogP contribution in [0.3, 0.4) is 0 Å². The summed E-state index contributed by atoms with van der Waals surface area (Å²) in [7, 11) is 0. The smallest absolute Gasteiger partial charge is 2.00 e. The van der Waals surface area contributed by atoms with Crippen molar-refractivity contribution in [3.8, 4) is 0 Å². The zero-order valence-corrected chi connectivity index (χ0v) is 4.03. The predicted molar refractivity (Wildman–Crippen MR) is 1.80 cm³/mol. The normalized spacial score (nSPS) is 0. The summed E-state index contributed by atoms with van der Waals surface area (Å²) in [6.07, 6.45) is 0. The summed E-state index contributed by atoms with van der Waals surface area (Å²) in [5.41, 5.74) is 0. The molecular formula is HCoCuLiO. The first-order valence-corrected chi connectivity index (χ1v) is 0.